The summed E-state index contributed by atoms with van der Waals surface area (Å²) in [6, 6.07) is 14.8. The van der Waals surface area contributed by atoms with Crippen molar-refractivity contribution in [1.29, 1.82) is 0 Å². The molecule has 0 saturated heterocycles. The highest BCUT2D eigenvalue weighted by Crippen LogP contribution is 2.32. The van der Waals surface area contributed by atoms with Gasteiger partial charge < -0.3 is 18.6 Å². The second-order valence-corrected chi connectivity index (χ2v) is 10.4. The van der Waals surface area contributed by atoms with Crippen molar-refractivity contribution in [2.75, 3.05) is 20.8 Å². The van der Waals surface area contributed by atoms with E-state index in [0.29, 0.717) is 49.0 Å². The van der Waals surface area contributed by atoms with Crippen LogP contribution in [0.3, 0.4) is 0 Å². The number of carbonyl (C=O) groups is 2. The topological polar surface area (TPSA) is 109 Å². The SMILES string of the molecule is CCOC(=O)C1=C(C)N=c2s/c(=C\c3ccc(-c4ccc(Cl)c(C(=O)OC)c4)o3)c(=O)n2[C@H]1c1ccc(OC)cc1. The number of ether oxygens (including phenoxy) is 3. The molecular formula is C30H25ClN2O7S. The number of methoxy groups -OCH3 is 2. The van der Waals surface area contributed by atoms with Gasteiger partial charge in [0.1, 0.15) is 17.3 Å². The molecular weight excluding hydrogens is 568 g/mol. The molecule has 5 rings (SSSR count). The van der Waals surface area contributed by atoms with Gasteiger partial charge in [-0.3, -0.25) is 9.36 Å². The smallest absolute Gasteiger partial charge is 0.339 e. The number of benzene rings is 2. The summed E-state index contributed by atoms with van der Waals surface area (Å²) in [6.07, 6.45) is 1.62. The number of furan rings is 1. The first kappa shape index (κ1) is 28.1. The van der Waals surface area contributed by atoms with E-state index in [9.17, 15) is 14.4 Å². The predicted molar refractivity (Wildman–Crippen MR) is 154 cm³/mol. The minimum absolute atomic E-state index is 0.185. The number of esters is 2. The number of aromatic nitrogens is 1. The number of hydrogen-bond donors (Lipinski definition) is 0. The van der Waals surface area contributed by atoms with Crippen molar-refractivity contribution in [1.82, 2.24) is 4.57 Å². The largest absolute Gasteiger partial charge is 0.497 e. The molecule has 9 nitrogen and oxygen atoms in total. The second kappa shape index (κ2) is 11.6. The third-order valence-electron chi connectivity index (χ3n) is 6.50. The Kier molecular flexibility index (Phi) is 7.96. The summed E-state index contributed by atoms with van der Waals surface area (Å²) in [5.41, 5.74) is 1.97. The normalized spacial score (nSPS) is 14.9. The van der Waals surface area contributed by atoms with E-state index in [1.54, 1.807) is 69.5 Å². The third kappa shape index (κ3) is 5.36. The van der Waals surface area contributed by atoms with Gasteiger partial charge in [-0.2, -0.15) is 0 Å². The van der Waals surface area contributed by atoms with Gasteiger partial charge in [-0.25, -0.2) is 14.6 Å². The van der Waals surface area contributed by atoms with E-state index in [1.807, 2.05) is 12.1 Å². The average Bonchev–Trinajstić information content (AvgIpc) is 3.56. The summed E-state index contributed by atoms with van der Waals surface area (Å²) in [6.45, 7) is 3.64. The monoisotopic (exact) mass is 592 g/mol. The Labute approximate surface area is 243 Å². The molecule has 0 aliphatic carbocycles. The number of carbonyl (C=O) groups excluding carboxylic acids is 2. The minimum Gasteiger partial charge on any atom is -0.497 e. The van der Waals surface area contributed by atoms with E-state index in [1.165, 1.54) is 23.0 Å². The van der Waals surface area contributed by atoms with Crippen LogP contribution in [0.1, 0.15) is 41.6 Å². The molecule has 2 aromatic heterocycles. The molecule has 0 spiro atoms. The van der Waals surface area contributed by atoms with E-state index in [0.717, 1.165) is 0 Å². The molecule has 0 radical (unpaired) electrons. The Morgan fingerprint density at radius 2 is 1.85 bits per heavy atom. The van der Waals surface area contributed by atoms with Gasteiger partial charge in [0.15, 0.2) is 4.80 Å². The molecule has 3 heterocycles. The Bertz CT molecular complexity index is 1870. The van der Waals surface area contributed by atoms with Crippen LogP contribution in [0.25, 0.3) is 17.4 Å². The summed E-state index contributed by atoms with van der Waals surface area (Å²) in [4.78, 5) is 43.9. The highest BCUT2D eigenvalue weighted by atomic mass is 35.5. The first-order chi connectivity index (χ1) is 19.7. The van der Waals surface area contributed by atoms with Crippen LogP contribution in [0.15, 0.2) is 80.1 Å². The summed E-state index contributed by atoms with van der Waals surface area (Å²) in [5.74, 6) is 0.444. The van der Waals surface area contributed by atoms with Crippen molar-refractivity contribution in [3.63, 3.8) is 0 Å². The van der Waals surface area contributed by atoms with Crippen molar-refractivity contribution in [3.05, 3.63) is 107 Å². The molecule has 1 aliphatic heterocycles. The van der Waals surface area contributed by atoms with Crippen LogP contribution in [0.5, 0.6) is 5.75 Å². The minimum atomic E-state index is -0.740. The molecule has 4 aromatic rings. The van der Waals surface area contributed by atoms with Gasteiger partial charge in [-0.15, -0.1) is 0 Å². The van der Waals surface area contributed by atoms with Crippen LogP contribution in [0.2, 0.25) is 5.02 Å². The number of hydrogen-bond acceptors (Lipinski definition) is 9. The number of thiazole rings is 1. The first-order valence-corrected chi connectivity index (χ1v) is 13.8. The van der Waals surface area contributed by atoms with Crippen LogP contribution in [-0.4, -0.2) is 37.3 Å². The number of halogens is 1. The van der Waals surface area contributed by atoms with Gasteiger partial charge in [-0.05, 0) is 61.9 Å². The quantitative estimate of drug-likeness (QED) is 0.291. The number of allylic oxidation sites excluding steroid dienone is 1. The summed E-state index contributed by atoms with van der Waals surface area (Å²) in [7, 11) is 2.85. The molecule has 0 N–H and O–H groups in total. The fourth-order valence-corrected chi connectivity index (χ4v) is 5.77. The van der Waals surface area contributed by atoms with Gasteiger partial charge in [0, 0.05) is 11.6 Å². The molecule has 210 valence electrons. The van der Waals surface area contributed by atoms with Gasteiger partial charge in [-0.1, -0.05) is 35.1 Å². The van der Waals surface area contributed by atoms with Crippen molar-refractivity contribution in [2.24, 2.45) is 4.99 Å². The van der Waals surface area contributed by atoms with Crippen LogP contribution < -0.4 is 19.6 Å². The standard InChI is InChI=1S/C30H25ClN2O7S/c1-5-39-29(36)25-16(2)32-30-33(26(25)17-6-9-19(37-3)10-7-17)27(34)24(41-30)15-20-11-13-23(40-20)18-8-12-22(31)21(14-18)28(35)38-4/h6-15,26H,5H2,1-4H3/b24-15-/t26-/m0/s1. The summed E-state index contributed by atoms with van der Waals surface area (Å²) in [5, 5.41) is 0.261. The van der Waals surface area contributed by atoms with Crippen LogP contribution in [-0.2, 0) is 14.3 Å². The Morgan fingerprint density at radius 3 is 2.54 bits per heavy atom. The lowest BCUT2D eigenvalue weighted by Gasteiger charge is -2.24. The lowest BCUT2D eigenvalue weighted by molar-refractivity contribution is -0.139. The zero-order valence-corrected chi connectivity index (χ0v) is 24.2. The van der Waals surface area contributed by atoms with E-state index >= 15 is 0 Å². The zero-order valence-electron chi connectivity index (χ0n) is 22.6. The van der Waals surface area contributed by atoms with Gasteiger partial charge in [0.2, 0.25) is 0 Å². The molecule has 0 unspecified atom stereocenters. The van der Waals surface area contributed by atoms with Crippen molar-refractivity contribution in [3.8, 4) is 17.1 Å². The highest BCUT2D eigenvalue weighted by molar-refractivity contribution is 7.07. The number of fused-ring (bicyclic) bond motifs is 1. The van der Waals surface area contributed by atoms with Crippen LogP contribution >= 0.6 is 22.9 Å². The Morgan fingerprint density at radius 1 is 1.10 bits per heavy atom. The third-order valence-corrected chi connectivity index (χ3v) is 7.82. The molecule has 1 aliphatic rings. The maximum absolute atomic E-state index is 13.8. The summed E-state index contributed by atoms with van der Waals surface area (Å²) < 4.78 is 23.3. The van der Waals surface area contributed by atoms with E-state index in [4.69, 9.17) is 30.2 Å². The number of rotatable bonds is 7. The lowest BCUT2D eigenvalue weighted by atomic mass is 9.96. The van der Waals surface area contributed by atoms with E-state index < -0.39 is 18.0 Å². The summed E-state index contributed by atoms with van der Waals surface area (Å²) >= 11 is 7.33. The predicted octanol–water partition coefficient (Wildman–Crippen LogP) is 4.51. The van der Waals surface area contributed by atoms with Crippen molar-refractivity contribution < 1.29 is 28.2 Å². The molecule has 0 fully saturated rings. The fourth-order valence-electron chi connectivity index (χ4n) is 4.55. The zero-order chi connectivity index (χ0) is 29.3. The van der Waals surface area contributed by atoms with Gasteiger partial charge in [0.05, 0.1) is 53.3 Å². The molecule has 0 bridgehead atoms. The maximum atomic E-state index is 13.8. The van der Waals surface area contributed by atoms with E-state index in [2.05, 4.69) is 4.99 Å². The fraction of sp³-hybridized carbons (Fsp3) is 0.200. The van der Waals surface area contributed by atoms with E-state index in [-0.39, 0.29) is 22.8 Å². The van der Waals surface area contributed by atoms with Crippen molar-refractivity contribution in [2.45, 2.75) is 19.9 Å². The second-order valence-electron chi connectivity index (χ2n) is 8.96. The highest BCUT2D eigenvalue weighted by Gasteiger charge is 2.33. The molecule has 1 atom stereocenters. The molecule has 2 aromatic carbocycles. The Balaban J connectivity index is 1.59. The molecule has 0 amide bonds. The molecule has 0 saturated carbocycles. The van der Waals surface area contributed by atoms with Crippen LogP contribution in [0, 0.1) is 0 Å². The average molecular weight is 593 g/mol. The van der Waals surface area contributed by atoms with Crippen molar-refractivity contribution >= 4 is 41.0 Å². The lowest BCUT2D eigenvalue weighted by Crippen LogP contribution is -2.39. The molecule has 11 heteroatoms. The van der Waals surface area contributed by atoms with Gasteiger partial charge >= 0.3 is 11.9 Å². The van der Waals surface area contributed by atoms with Gasteiger partial charge in [0.25, 0.3) is 5.56 Å². The maximum Gasteiger partial charge on any atom is 0.339 e. The van der Waals surface area contributed by atoms with Crippen LogP contribution in [0.4, 0.5) is 0 Å². The molecule has 41 heavy (non-hydrogen) atoms. The number of nitrogens with zero attached hydrogens (tertiary/aromatic N) is 2. The Hall–Kier alpha value is -4.41. The first-order valence-electron chi connectivity index (χ1n) is 12.6.